The Bertz CT molecular complexity index is 641. The van der Waals surface area contributed by atoms with E-state index in [-0.39, 0.29) is 43.0 Å². The number of rotatable bonds is 8. The summed E-state index contributed by atoms with van der Waals surface area (Å²) in [5.74, 6) is -0.169. The fourth-order valence-corrected chi connectivity index (χ4v) is 3.48. The van der Waals surface area contributed by atoms with Crippen molar-refractivity contribution >= 4 is 47.6 Å². The average molecular weight is 403 g/mol. The summed E-state index contributed by atoms with van der Waals surface area (Å²) in [6, 6.07) is 5.98. The molecule has 1 heterocycles. The number of nitrogens with two attached hydrogens (primary N) is 1. The van der Waals surface area contributed by atoms with E-state index in [0.717, 1.165) is 0 Å². The maximum Gasteiger partial charge on any atom is 0.323 e. The molecule has 7 nitrogen and oxygen atoms in total. The van der Waals surface area contributed by atoms with Crippen molar-refractivity contribution in [1.29, 1.82) is 0 Å². The Balaban J connectivity index is 0.00000338. The number of benzene rings is 1. The van der Waals surface area contributed by atoms with E-state index in [4.69, 9.17) is 15.2 Å². The van der Waals surface area contributed by atoms with Gasteiger partial charge in [0.1, 0.15) is 11.8 Å². The topological polar surface area (TPSA) is 98.9 Å². The van der Waals surface area contributed by atoms with E-state index in [9.17, 15) is 14.4 Å². The molecule has 1 aromatic carbocycles. The van der Waals surface area contributed by atoms with E-state index >= 15 is 0 Å². The number of esters is 1. The second-order valence-corrected chi connectivity index (χ2v) is 6.61. The Kier molecular flexibility index (Phi) is 8.91. The quantitative estimate of drug-likeness (QED) is 0.522. The highest BCUT2D eigenvalue weighted by Crippen LogP contribution is 2.30. The Morgan fingerprint density at radius 1 is 1.27 bits per heavy atom. The van der Waals surface area contributed by atoms with Crippen molar-refractivity contribution in [3.05, 3.63) is 24.3 Å². The number of nitrogens with zero attached hydrogens (tertiary/aromatic N) is 1. The molecule has 2 atom stereocenters. The van der Waals surface area contributed by atoms with Gasteiger partial charge in [-0.1, -0.05) is 0 Å². The number of hydrogen-bond donors (Lipinski definition) is 1. The molecule has 1 aliphatic heterocycles. The Morgan fingerprint density at radius 2 is 1.92 bits per heavy atom. The summed E-state index contributed by atoms with van der Waals surface area (Å²) >= 11 is 1.21. The van der Waals surface area contributed by atoms with Gasteiger partial charge in [-0.2, -0.15) is 0 Å². The second-order valence-electron chi connectivity index (χ2n) is 5.38. The van der Waals surface area contributed by atoms with Crippen LogP contribution in [0.5, 0.6) is 5.75 Å². The minimum atomic E-state index is -0.813. The molecule has 2 rings (SSSR count). The van der Waals surface area contributed by atoms with Crippen LogP contribution in [-0.4, -0.2) is 48.0 Å². The van der Waals surface area contributed by atoms with E-state index < -0.39 is 17.3 Å². The van der Waals surface area contributed by atoms with Crippen LogP contribution >= 0.6 is 24.2 Å². The van der Waals surface area contributed by atoms with Gasteiger partial charge in [0.25, 0.3) is 0 Å². The molecular formula is C17H23ClN2O5S. The zero-order chi connectivity index (χ0) is 18.4. The summed E-state index contributed by atoms with van der Waals surface area (Å²) < 4.78 is 10.2. The summed E-state index contributed by atoms with van der Waals surface area (Å²) in [5.41, 5.74) is 6.24. The number of anilines is 1. The van der Waals surface area contributed by atoms with Crippen LogP contribution in [0.25, 0.3) is 0 Å². The van der Waals surface area contributed by atoms with Crippen molar-refractivity contribution in [3.63, 3.8) is 0 Å². The lowest BCUT2D eigenvalue weighted by Gasteiger charge is -2.16. The van der Waals surface area contributed by atoms with E-state index in [2.05, 4.69) is 0 Å². The number of halogens is 1. The molecule has 0 radical (unpaired) electrons. The van der Waals surface area contributed by atoms with Crippen molar-refractivity contribution in [2.24, 2.45) is 5.73 Å². The summed E-state index contributed by atoms with van der Waals surface area (Å²) in [4.78, 5) is 37.5. The molecule has 0 saturated carbocycles. The van der Waals surface area contributed by atoms with Crippen LogP contribution in [-0.2, 0) is 19.1 Å². The number of hydrogen-bond acceptors (Lipinski definition) is 7. The fourth-order valence-electron chi connectivity index (χ4n) is 2.40. The van der Waals surface area contributed by atoms with Gasteiger partial charge in [0.05, 0.1) is 24.2 Å². The molecule has 9 heteroatoms. The molecule has 26 heavy (non-hydrogen) atoms. The van der Waals surface area contributed by atoms with Crippen molar-refractivity contribution < 1.29 is 23.9 Å². The molecular weight excluding hydrogens is 380 g/mol. The van der Waals surface area contributed by atoms with Gasteiger partial charge in [0.15, 0.2) is 0 Å². The van der Waals surface area contributed by atoms with E-state index in [0.29, 0.717) is 18.0 Å². The van der Waals surface area contributed by atoms with Crippen molar-refractivity contribution in [2.75, 3.05) is 23.9 Å². The number of ether oxygens (including phenoxy) is 2. The first-order chi connectivity index (χ1) is 12.0. The van der Waals surface area contributed by atoms with Gasteiger partial charge in [-0.3, -0.25) is 14.4 Å². The van der Waals surface area contributed by atoms with E-state index in [1.54, 1.807) is 31.2 Å². The first-order valence-corrected chi connectivity index (χ1v) is 9.16. The normalized spacial score (nSPS) is 17.7. The van der Waals surface area contributed by atoms with Gasteiger partial charge >= 0.3 is 5.97 Å². The largest absolute Gasteiger partial charge is 0.494 e. The smallest absolute Gasteiger partial charge is 0.323 e. The van der Waals surface area contributed by atoms with Gasteiger partial charge in [-0.05, 0) is 38.1 Å². The third-order valence-corrected chi connectivity index (χ3v) is 4.90. The van der Waals surface area contributed by atoms with Crippen LogP contribution in [0.1, 0.15) is 20.3 Å². The summed E-state index contributed by atoms with van der Waals surface area (Å²) in [6.07, 6.45) is 0.0895. The van der Waals surface area contributed by atoms with Gasteiger partial charge in [-0.25, -0.2) is 4.90 Å². The third kappa shape index (κ3) is 5.36. The first-order valence-electron chi connectivity index (χ1n) is 8.11. The monoisotopic (exact) mass is 402 g/mol. The number of amides is 2. The Morgan fingerprint density at radius 3 is 2.50 bits per heavy atom. The molecule has 2 N–H and O–H groups in total. The second kappa shape index (κ2) is 10.4. The molecule has 0 aromatic heterocycles. The zero-order valence-electron chi connectivity index (χ0n) is 14.7. The molecule has 0 spiro atoms. The molecule has 0 bridgehead atoms. The van der Waals surface area contributed by atoms with Crippen LogP contribution in [0.15, 0.2) is 24.3 Å². The van der Waals surface area contributed by atoms with Crippen LogP contribution in [0, 0.1) is 0 Å². The van der Waals surface area contributed by atoms with Gasteiger partial charge in [-0.15, -0.1) is 24.2 Å². The van der Waals surface area contributed by atoms with Crippen molar-refractivity contribution in [2.45, 2.75) is 31.6 Å². The standard InChI is InChI=1S/C17H22N2O5S.ClH/c1-3-23-12-7-5-11(6-8-12)19-15(20)9-14(16(19)21)25-10-13(18)17(22)24-4-2;/h5-8,13-14H,3-4,9-10,18H2,1-2H3;1H. The lowest BCUT2D eigenvalue weighted by atomic mass is 10.3. The predicted octanol–water partition coefficient (Wildman–Crippen LogP) is 1.76. The summed E-state index contributed by atoms with van der Waals surface area (Å²) in [6.45, 7) is 4.37. The minimum Gasteiger partial charge on any atom is -0.494 e. The highest BCUT2D eigenvalue weighted by atomic mass is 35.5. The lowest BCUT2D eigenvalue weighted by Crippen LogP contribution is -2.36. The summed E-state index contributed by atoms with van der Waals surface area (Å²) in [7, 11) is 0. The average Bonchev–Trinajstić information content (AvgIpc) is 2.88. The lowest BCUT2D eigenvalue weighted by molar-refractivity contribution is -0.144. The number of imide groups is 1. The molecule has 0 aliphatic carbocycles. The number of carbonyl (C=O) groups excluding carboxylic acids is 3. The molecule has 144 valence electrons. The highest BCUT2D eigenvalue weighted by Gasteiger charge is 2.40. The first kappa shape index (κ1) is 22.3. The maximum absolute atomic E-state index is 12.5. The molecule has 2 amide bonds. The van der Waals surface area contributed by atoms with Gasteiger partial charge in [0.2, 0.25) is 11.8 Å². The predicted molar refractivity (Wildman–Crippen MR) is 103 cm³/mol. The molecule has 1 aromatic rings. The maximum atomic E-state index is 12.5. The highest BCUT2D eigenvalue weighted by molar-refractivity contribution is 8.00. The van der Waals surface area contributed by atoms with E-state index in [1.807, 2.05) is 6.92 Å². The molecule has 1 saturated heterocycles. The number of carbonyl (C=O) groups is 3. The van der Waals surface area contributed by atoms with Gasteiger partial charge < -0.3 is 15.2 Å². The zero-order valence-corrected chi connectivity index (χ0v) is 16.3. The Hall–Kier alpha value is -1.77. The molecule has 2 unspecified atom stereocenters. The third-order valence-electron chi connectivity index (χ3n) is 3.58. The van der Waals surface area contributed by atoms with E-state index in [1.165, 1.54) is 16.7 Å². The molecule has 1 aliphatic rings. The van der Waals surface area contributed by atoms with Crippen LogP contribution in [0.3, 0.4) is 0 Å². The van der Waals surface area contributed by atoms with Crippen molar-refractivity contribution in [3.8, 4) is 5.75 Å². The Labute approximate surface area is 163 Å². The van der Waals surface area contributed by atoms with Crippen LogP contribution < -0.4 is 15.4 Å². The van der Waals surface area contributed by atoms with Crippen molar-refractivity contribution in [1.82, 2.24) is 0 Å². The summed E-state index contributed by atoms with van der Waals surface area (Å²) in [5, 5.41) is -0.542. The number of thioether (sulfide) groups is 1. The SMILES string of the molecule is CCOC(=O)C(N)CSC1CC(=O)N(c2ccc(OCC)cc2)C1=O.Cl. The fraction of sp³-hybridized carbons (Fsp3) is 0.471. The minimum absolute atomic E-state index is 0. The van der Waals surface area contributed by atoms with Crippen LogP contribution in [0.2, 0.25) is 0 Å². The van der Waals surface area contributed by atoms with Gasteiger partial charge in [0, 0.05) is 12.2 Å². The molecule has 1 fully saturated rings. The van der Waals surface area contributed by atoms with Crippen LogP contribution in [0.4, 0.5) is 5.69 Å².